The first-order valence-corrected chi connectivity index (χ1v) is 6.58. The van der Waals surface area contributed by atoms with Crippen LogP contribution in [-0.4, -0.2) is 28.3 Å². The van der Waals surface area contributed by atoms with Gasteiger partial charge in [0.1, 0.15) is 0 Å². The van der Waals surface area contributed by atoms with Gasteiger partial charge in [0.25, 0.3) is 0 Å². The first-order chi connectivity index (χ1) is 6.81. The van der Waals surface area contributed by atoms with E-state index in [0.29, 0.717) is 6.61 Å². The van der Waals surface area contributed by atoms with Gasteiger partial charge in [-0.1, -0.05) is 54.5 Å². The minimum atomic E-state index is 0.247. The number of alkyl halides is 1. The summed E-state index contributed by atoms with van der Waals surface area (Å²) in [5.41, 5.74) is 0. The van der Waals surface area contributed by atoms with Crippen molar-refractivity contribution in [1.82, 2.24) is 0 Å². The molecule has 0 spiro atoms. The molecule has 0 aliphatic carbocycles. The molecule has 0 aliphatic heterocycles. The summed E-state index contributed by atoms with van der Waals surface area (Å²) >= 11 is 3.40. The molecular weight excluding hydrogens is 244 g/mol. The number of rotatable bonds is 10. The quantitative estimate of drug-likeness (QED) is 0.472. The van der Waals surface area contributed by atoms with E-state index in [9.17, 15) is 0 Å². The van der Waals surface area contributed by atoms with Crippen molar-refractivity contribution < 1.29 is 10.2 Å². The SMILES string of the molecule is OCCCCCCCCCC(Br)CO. The van der Waals surface area contributed by atoms with Crippen molar-refractivity contribution in [3.63, 3.8) is 0 Å². The van der Waals surface area contributed by atoms with Crippen LogP contribution in [0.15, 0.2) is 0 Å². The Morgan fingerprint density at radius 3 is 1.79 bits per heavy atom. The second-order valence-electron chi connectivity index (χ2n) is 3.77. The van der Waals surface area contributed by atoms with E-state index >= 15 is 0 Å². The third-order valence-electron chi connectivity index (χ3n) is 2.37. The van der Waals surface area contributed by atoms with Crippen LogP contribution in [0.3, 0.4) is 0 Å². The van der Waals surface area contributed by atoms with Crippen LogP contribution in [0, 0.1) is 0 Å². The fourth-order valence-electron chi connectivity index (χ4n) is 1.45. The van der Waals surface area contributed by atoms with Gasteiger partial charge >= 0.3 is 0 Å². The van der Waals surface area contributed by atoms with Crippen molar-refractivity contribution in [2.45, 2.75) is 56.2 Å². The summed E-state index contributed by atoms with van der Waals surface area (Å²) in [6, 6.07) is 0. The van der Waals surface area contributed by atoms with Gasteiger partial charge in [0.2, 0.25) is 0 Å². The maximum Gasteiger partial charge on any atom is 0.0556 e. The van der Waals surface area contributed by atoms with Crippen LogP contribution in [0.5, 0.6) is 0 Å². The molecule has 0 saturated heterocycles. The highest BCUT2D eigenvalue weighted by Crippen LogP contribution is 2.12. The molecule has 0 amide bonds. The van der Waals surface area contributed by atoms with Crippen LogP contribution in [0.2, 0.25) is 0 Å². The van der Waals surface area contributed by atoms with Crippen LogP contribution in [0.4, 0.5) is 0 Å². The highest BCUT2D eigenvalue weighted by atomic mass is 79.9. The predicted octanol–water partition coefficient (Wildman–Crippen LogP) is 2.86. The Kier molecular flexibility index (Phi) is 11.8. The maximum absolute atomic E-state index is 8.76. The Bertz CT molecular complexity index is 109. The molecule has 3 heteroatoms. The van der Waals surface area contributed by atoms with Crippen molar-refractivity contribution in [3.8, 4) is 0 Å². The van der Waals surface area contributed by atoms with Crippen LogP contribution >= 0.6 is 15.9 Å². The molecule has 14 heavy (non-hydrogen) atoms. The lowest BCUT2D eigenvalue weighted by molar-refractivity contribution is 0.282. The third kappa shape index (κ3) is 10.5. The molecular formula is C11H23BrO2. The zero-order valence-corrected chi connectivity index (χ0v) is 10.5. The zero-order chi connectivity index (χ0) is 10.6. The molecule has 0 aromatic heterocycles. The summed E-state index contributed by atoms with van der Waals surface area (Å²) < 4.78 is 0. The summed E-state index contributed by atoms with van der Waals surface area (Å²) in [6.45, 7) is 0.582. The number of aliphatic hydroxyl groups excluding tert-OH is 2. The van der Waals surface area contributed by atoms with Gasteiger partial charge in [0.05, 0.1) is 6.61 Å². The van der Waals surface area contributed by atoms with E-state index in [1.165, 1.54) is 32.1 Å². The average molecular weight is 267 g/mol. The zero-order valence-electron chi connectivity index (χ0n) is 8.92. The van der Waals surface area contributed by atoms with E-state index < -0.39 is 0 Å². The monoisotopic (exact) mass is 266 g/mol. The number of unbranched alkanes of at least 4 members (excludes halogenated alkanes) is 6. The molecule has 0 aliphatic rings. The van der Waals surface area contributed by atoms with Crippen LogP contribution in [0.25, 0.3) is 0 Å². The van der Waals surface area contributed by atoms with Crippen molar-refractivity contribution in [2.75, 3.05) is 13.2 Å². The molecule has 2 N–H and O–H groups in total. The number of hydrogen-bond acceptors (Lipinski definition) is 2. The first-order valence-electron chi connectivity index (χ1n) is 5.67. The van der Waals surface area contributed by atoms with E-state index in [0.717, 1.165) is 19.3 Å². The molecule has 0 aromatic rings. The van der Waals surface area contributed by atoms with Crippen LogP contribution in [-0.2, 0) is 0 Å². The van der Waals surface area contributed by atoms with Gasteiger partial charge < -0.3 is 10.2 Å². The fraction of sp³-hybridized carbons (Fsp3) is 1.00. The van der Waals surface area contributed by atoms with E-state index in [2.05, 4.69) is 15.9 Å². The van der Waals surface area contributed by atoms with Gasteiger partial charge in [-0.05, 0) is 12.8 Å². The molecule has 0 saturated carbocycles. The second-order valence-corrected chi connectivity index (χ2v) is 5.06. The first kappa shape index (κ1) is 14.4. The Labute approximate surface area is 95.8 Å². The van der Waals surface area contributed by atoms with Crippen molar-refractivity contribution in [2.24, 2.45) is 0 Å². The van der Waals surface area contributed by atoms with Crippen LogP contribution < -0.4 is 0 Å². The molecule has 86 valence electrons. The molecule has 0 fully saturated rings. The Morgan fingerprint density at radius 1 is 0.786 bits per heavy atom. The highest BCUT2D eigenvalue weighted by Gasteiger charge is 2.00. The average Bonchev–Trinajstić information content (AvgIpc) is 2.21. The molecule has 0 rings (SSSR count). The summed E-state index contributed by atoms with van der Waals surface area (Å²) in [7, 11) is 0. The normalized spacial score (nSPS) is 13.1. The van der Waals surface area contributed by atoms with Gasteiger partial charge in [-0.25, -0.2) is 0 Å². The minimum absolute atomic E-state index is 0.247. The Balaban J connectivity index is 2.92. The number of halogens is 1. The lowest BCUT2D eigenvalue weighted by Gasteiger charge is -2.05. The molecule has 0 bridgehead atoms. The summed E-state index contributed by atoms with van der Waals surface area (Å²) in [4.78, 5) is 0.289. The summed E-state index contributed by atoms with van der Waals surface area (Å²) in [5.74, 6) is 0. The predicted molar refractivity (Wildman–Crippen MR) is 63.8 cm³/mol. The highest BCUT2D eigenvalue weighted by molar-refractivity contribution is 9.09. The van der Waals surface area contributed by atoms with Gasteiger partial charge in [-0.15, -0.1) is 0 Å². The second kappa shape index (κ2) is 11.5. The maximum atomic E-state index is 8.76. The lowest BCUT2D eigenvalue weighted by Crippen LogP contribution is -2.02. The Morgan fingerprint density at radius 2 is 1.29 bits per heavy atom. The van der Waals surface area contributed by atoms with Gasteiger partial charge in [-0.3, -0.25) is 0 Å². The van der Waals surface area contributed by atoms with E-state index in [4.69, 9.17) is 10.2 Å². The molecule has 0 radical (unpaired) electrons. The number of hydrogen-bond donors (Lipinski definition) is 2. The largest absolute Gasteiger partial charge is 0.396 e. The molecule has 0 aromatic carbocycles. The molecule has 0 heterocycles. The summed E-state index contributed by atoms with van der Waals surface area (Å²) in [5, 5.41) is 17.3. The van der Waals surface area contributed by atoms with Crippen molar-refractivity contribution in [1.29, 1.82) is 0 Å². The molecule has 2 nitrogen and oxygen atoms in total. The minimum Gasteiger partial charge on any atom is -0.396 e. The third-order valence-corrected chi connectivity index (χ3v) is 3.12. The summed E-state index contributed by atoms with van der Waals surface area (Å²) in [6.07, 6.45) is 9.48. The van der Waals surface area contributed by atoms with Crippen LogP contribution in [0.1, 0.15) is 51.4 Å². The smallest absolute Gasteiger partial charge is 0.0556 e. The molecule has 1 unspecified atom stereocenters. The van der Waals surface area contributed by atoms with Gasteiger partial charge in [0, 0.05) is 11.4 Å². The van der Waals surface area contributed by atoms with Gasteiger partial charge in [-0.2, -0.15) is 0 Å². The topological polar surface area (TPSA) is 40.5 Å². The fourth-order valence-corrected chi connectivity index (χ4v) is 1.78. The van der Waals surface area contributed by atoms with E-state index in [1.54, 1.807) is 0 Å². The van der Waals surface area contributed by atoms with Crippen molar-refractivity contribution in [3.05, 3.63) is 0 Å². The lowest BCUT2D eigenvalue weighted by atomic mass is 10.1. The standard InChI is InChI=1S/C11H23BrO2/c12-11(10-14)8-6-4-2-1-3-5-7-9-13/h11,13-14H,1-10H2. The van der Waals surface area contributed by atoms with E-state index in [-0.39, 0.29) is 11.4 Å². The van der Waals surface area contributed by atoms with Crippen molar-refractivity contribution >= 4 is 15.9 Å². The van der Waals surface area contributed by atoms with E-state index in [1.807, 2.05) is 0 Å². The number of aliphatic hydroxyl groups is 2. The Hall–Kier alpha value is 0.400. The van der Waals surface area contributed by atoms with Gasteiger partial charge in [0.15, 0.2) is 0 Å². The molecule has 1 atom stereocenters.